The Balaban J connectivity index is 1.30. The number of nitrogens with zero attached hydrogens (tertiary/aromatic N) is 3. The van der Waals surface area contributed by atoms with E-state index in [1.54, 1.807) is 43.7 Å². The number of imidazole rings is 1. The number of hydrogen-bond donors (Lipinski definition) is 1. The fourth-order valence-corrected chi connectivity index (χ4v) is 7.25. The monoisotopic (exact) mass is 726 g/mol. The van der Waals surface area contributed by atoms with E-state index in [-0.39, 0.29) is 17.8 Å². The van der Waals surface area contributed by atoms with Crippen LogP contribution in [0.1, 0.15) is 57.7 Å². The van der Waals surface area contributed by atoms with Gasteiger partial charge in [-0.25, -0.2) is 4.98 Å². The van der Waals surface area contributed by atoms with Gasteiger partial charge in [0.2, 0.25) is 0 Å². The molecule has 1 saturated heterocycles. The second-order valence-corrected chi connectivity index (χ2v) is 14.4. The first kappa shape index (κ1) is 38.5. The van der Waals surface area contributed by atoms with Gasteiger partial charge in [-0.05, 0) is 97.5 Å². The Kier molecular flexibility index (Phi) is 14.2. The molecular weight excluding hydrogens is 677 g/mol. The summed E-state index contributed by atoms with van der Waals surface area (Å²) in [7, 11) is 0.175. The summed E-state index contributed by atoms with van der Waals surface area (Å²) in [5.41, 5.74) is 5.87. The van der Waals surface area contributed by atoms with Gasteiger partial charge in [-0.3, -0.25) is 13.8 Å². The molecule has 52 heavy (non-hydrogen) atoms. The molecule has 0 aliphatic carbocycles. The number of esters is 1. The summed E-state index contributed by atoms with van der Waals surface area (Å²) in [5.74, 6) is 0.490. The number of unbranched alkanes of at least 4 members (excludes halogenated alkanes) is 1. The molecule has 2 heterocycles. The van der Waals surface area contributed by atoms with Crippen LogP contribution in [0.5, 0.6) is 5.75 Å². The fourth-order valence-electron chi connectivity index (χ4n) is 6.13. The Morgan fingerprint density at radius 3 is 2.48 bits per heavy atom. The highest BCUT2D eigenvalue weighted by Crippen LogP contribution is 2.33. The smallest absolute Gasteiger partial charge is 0.310 e. The lowest BCUT2D eigenvalue weighted by Crippen LogP contribution is -2.24. The second kappa shape index (κ2) is 19.2. The molecule has 0 saturated carbocycles. The molecule has 0 radical (unpaired) electrons. The highest BCUT2D eigenvalue weighted by Gasteiger charge is 2.30. The van der Waals surface area contributed by atoms with Crippen LogP contribution in [0.4, 0.5) is 11.4 Å². The average Bonchev–Trinajstić information content (AvgIpc) is 3.83. The van der Waals surface area contributed by atoms with Gasteiger partial charge in [0.15, 0.2) is 0 Å². The van der Waals surface area contributed by atoms with Crippen LogP contribution in [0.15, 0.2) is 89.7 Å². The van der Waals surface area contributed by atoms with Gasteiger partial charge in [-0.1, -0.05) is 38.5 Å². The van der Waals surface area contributed by atoms with E-state index in [0.29, 0.717) is 54.6 Å². The van der Waals surface area contributed by atoms with E-state index >= 15 is 0 Å². The third kappa shape index (κ3) is 10.4. The van der Waals surface area contributed by atoms with Crippen molar-refractivity contribution >= 4 is 40.1 Å². The van der Waals surface area contributed by atoms with E-state index in [0.717, 1.165) is 66.2 Å². The summed E-state index contributed by atoms with van der Waals surface area (Å²) in [4.78, 5) is 32.9. The van der Waals surface area contributed by atoms with Crippen LogP contribution in [-0.2, 0) is 42.2 Å². The molecule has 1 fully saturated rings. The molecule has 10 nitrogen and oxygen atoms in total. The predicted molar refractivity (Wildman–Crippen MR) is 207 cm³/mol. The van der Waals surface area contributed by atoms with Gasteiger partial charge in [0.05, 0.1) is 48.2 Å². The number of carbonyl (C=O) groups is 2. The Morgan fingerprint density at radius 1 is 0.981 bits per heavy atom. The first-order chi connectivity index (χ1) is 25.3. The van der Waals surface area contributed by atoms with Crippen molar-refractivity contribution in [2.45, 2.75) is 63.6 Å². The fraction of sp³-hybridized carbons (Fsp3) is 0.390. The molecule has 2 atom stereocenters. The molecule has 3 aromatic carbocycles. The number of hydrogen-bond acceptors (Lipinski definition) is 8. The Hall–Kier alpha value is -4.74. The summed E-state index contributed by atoms with van der Waals surface area (Å²) in [6.07, 6.45) is 9.24. The zero-order chi connectivity index (χ0) is 36.9. The Labute approximate surface area is 309 Å². The maximum Gasteiger partial charge on any atom is 0.310 e. The number of amides is 1. The van der Waals surface area contributed by atoms with Crippen molar-refractivity contribution in [2.24, 2.45) is 5.92 Å². The Bertz CT molecular complexity index is 1840. The third-order valence-electron chi connectivity index (χ3n) is 9.06. The highest BCUT2D eigenvalue weighted by molar-refractivity contribution is 7.84. The molecule has 5 rings (SSSR count). The van der Waals surface area contributed by atoms with Crippen molar-refractivity contribution in [1.29, 1.82) is 0 Å². The first-order valence-electron chi connectivity index (χ1n) is 18.0. The van der Waals surface area contributed by atoms with E-state index in [9.17, 15) is 13.8 Å². The number of rotatable bonds is 18. The standard InChI is InChI=1S/C41H50N4O6S/c1-5-7-21-50-22-23-51-37-13-8-31(9-14-37)32-10-17-39(44-20-18-33(27-44)41(47)49-4)34(25-32)24-30(3)40(46)43-35-11-15-38(16-12-35)52(48)28-36-26-42-29-45(36)19-6-2/h8-17,24-26,29,33H,5-7,18-23,27-28H2,1-4H3,(H,43,46)/t33?,52-/m0/s1. The van der Waals surface area contributed by atoms with Crippen molar-refractivity contribution in [3.05, 3.63) is 96.1 Å². The molecule has 1 amide bonds. The summed E-state index contributed by atoms with van der Waals surface area (Å²) in [6.45, 7) is 9.89. The number of methoxy groups -OCH3 is 1. The summed E-state index contributed by atoms with van der Waals surface area (Å²) >= 11 is 0. The third-order valence-corrected chi connectivity index (χ3v) is 10.4. The number of nitrogens with one attached hydrogen (secondary N) is 1. The molecule has 0 bridgehead atoms. The van der Waals surface area contributed by atoms with Crippen LogP contribution in [-0.4, -0.2) is 65.7 Å². The van der Waals surface area contributed by atoms with Crippen molar-refractivity contribution in [3.8, 4) is 16.9 Å². The summed E-state index contributed by atoms with van der Waals surface area (Å²) < 4.78 is 31.6. The zero-order valence-corrected chi connectivity index (χ0v) is 31.5. The topological polar surface area (TPSA) is 112 Å². The molecule has 1 unspecified atom stereocenters. The van der Waals surface area contributed by atoms with Crippen LogP contribution in [0.2, 0.25) is 0 Å². The summed E-state index contributed by atoms with van der Waals surface area (Å²) in [6, 6.07) is 21.3. The van der Waals surface area contributed by atoms with Gasteiger partial charge in [0.1, 0.15) is 12.4 Å². The molecule has 0 spiro atoms. The van der Waals surface area contributed by atoms with Crippen LogP contribution < -0.4 is 15.0 Å². The van der Waals surface area contributed by atoms with Crippen LogP contribution >= 0.6 is 0 Å². The van der Waals surface area contributed by atoms with E-state index in [2.05, 4.69) is 47.2 Å². The second-order valence-electron chi connectivity index (χ2n) is 12.9. The molecule has 4 aromatic rings. The maximum atomic E-state index is 13.5. The van der Waals surface area contributed by atoms with Gasteiger partial charge in [0.25, 0.3) is 5.91 Å². The minimum Gasteiger partial charge on any atom is -0.491 e. The van der Waals surface area contributed by atoms with E-state index < -0.39 is 10.8 Å². The lowest BCUT2D eigenvalue weighted by atomic mass is 9.99. The zero-order valence-electron chi connectivity index (χ0n) is 30.6. The number of ether oxygens (including phenoxy) is 3. The quantitative estimate of drug-likeness (QED) is 0.0638. The molecule has 1 aromatic heterocycles. The summed E-state index contributed by atoms with van der Waals surface area (Å²) in [5, 5.41) is 2.98. The molecule has 1 aliphatic rings. The van der Waals surface area contributed by atoms with Gasteiger partial charge < -0.3 is 29.0 Å². The number of anilines is 2. The SMILES string of the molecule is CCCCOCCOc1ccc(-c2ccc(N3CCC(C(=O)OC)C3)c(C=C(C)C(=O)Nc3ccc([S@@](=O)Cc4cncn4CCC)cc3)c2)cc1. The number of aryl methyl sites for hydroxylation is 1. The lowest BCUT2D eigenvalue weighted by molar-refractivity contribution is -0.144. The highest BCUT2D eigenvalue weighted by atomic mass is 32.2. The minimum absolute atomic E-state index is 0.203. The first-order valence-corrected chi connectivity index (χ1v) is 19.4. The number of aromatic nitrogens is 2. The van der Waals surface area contributed by atoms with Crippen molar-refractivity contribution in [1.82, 2.24) is 9.55 Å². The van der Waals surface area contributed by atoms with Gasteiger partial charge in [0, 0.05) is 54.3 Å². The molecule has 1 N–H and O–H groups in total. The molecule has 1 aliphatic heterocycles. The van der Waals surface area contributed by atoms with Crippen molar-refractivity contribution in [3.63, 3.8) is 0 Å². The normalized spacial score (nSPS) is 15.0. The largest absolute Gasteiger partial charge is 0.491 e. The maximum absolute atomic E-state index is 13.5. The molecular formula is C41H50N4O6S. The van der Waals surface area contributed by atoms with Crippen LogP contribution in [0, 0.1) is 5.92 Å². The Morgan fingerprint density at radius 2 is 1.75 bits per heavy atom. The molecule has 11 heteroatoms. The average molecular weight is 727 g/mol. The minimum atomic E-state index is -1.25. The van der Waals surface area contributed by atoms with Crippen molar-refractivity contribution < 1.29 is 28.0 Å². The number of benzene rings is 3. The van der Waals surface area contributed by atoms with Gasteiger partial charge >= 0.3 is 5.97 Å². The predicted octanol–water partition coefficient (Wildman–Crippen LogP) is 7.50. The van der Waals surface area contributed by atoms with E-state index in [1.807, 2.05) is 34.9 Å². The lowest BCUT2D eigenvalue weighted by Gasteiger charge is -2.22. The van der Waals surface area contributed by atoms with Crippen LogP contribution in [0.25, 0.3) is 17.2 Å². The van der Waals surface area contributed by atoms with E-state index in [4.69, 9.17) is 14.2 Å². The van der Waals surface area contributed by atoms with Crippen molar-refractivity contribution in [2.75, 3.05) is 50.2 Å². The van der Waals surface area contributed by atoms with Gasteiger partial charge in [-0.15, -0.1) is 0 Å². The van der Waals surface area contributed by atoms with E-state index in [1.165, 1.54) is 7.11 Å². The molecule has 276 valence electrons. The van der Waals surface area contributed by atoms with Gasteiger partial charge in [-0.2, -0.15) is 0 Å². The van der Waals surface area contributed by atoms with Crippen LogP contribution in [0.3, 0.4) is 0 Å². The number of carbonyl (C=O) groups excluding carboxylic acids is 2.